The van der Waals surface area contributed by atoms with Gasteiger partial charge in [-0.05, 0) is 46.0 Å². The second-order valence-electron chi connectivity index (χ2n) is 18.1. The summed E-state index contributed by atoms with van der Waals surface area (Å²) in [6, 6.07) is -0.705. The minimum atomic E-state index is -4.67. The lowest BCUT2D eigenvalue weighted by Crippen LogP contribution is -2.58. The molecule has 0 rings (SSSR count). The van der Waals surface area contributed by atoms with Crippen molar-refractivity contribution in [3.63, 3.8) is 0 Å². The number of hydrogen-bond acceptors (Lipinski definition) is 13. The van der Waals surface area contributed by atoms with E-state index in [1.807, 2.05) is 20.8 Å². The number of esters is 2. The van der Waals surface area contributed by atoms with Crippen LogP contribution in [0.25, 0.3) is 0 Å². The van der Waals surface area contributed by atoms with Crippen molar-refractivity contribution in [2.24, 2.45) is 0 Å². The minimum Gasteiger partial charge on any atom is -0.462 e. The molecule has 1 amide bonds. The maximum absolute atomic E-state index is 13.9. The second-order valence-corrected chi connectivity index (χ2v) is 19.6. The third-order valence-corrected chi connectivity index (χ3v) is 13.0. The van der Waals surface area contributed by atoms with Gasteiger partial charge in [-0.15, -0.1) is 0 Å². The number of amides is 1. The molecule has 0 aliphatic heterocycles. The highest BCUT2D eigenvalue weighted by Crippen LogP contribution is 2.43. The number of ketones is 1. The van der Waals surface area contributed by atoms with Crippen molar-refractivity contribution in [3.8, 4) is 0 Å². The molecule has 6 atom stereocenters. The van der Waals surface area contributed by atoms with Gasteiger partial charge >= 0.3 is 19.8 Å². The molecule has 0 saturated carbocycles. The van der Waals surface area contributed by atoms with Crippen molar-refractivity contribution in [3.05, 3.63) is 0 Å². The molecule has 65 heavy (non-hydrogen) atoms. The molecule has 0 radical (unpaired) electrons. The zero-order valence-electron chi connectivity index (χ0n) is 41.8. The van der Waals surface area contributed by atoms with Crippen molar-refractivity contribution in [1.29, 1.82) is 0 Å². The van der Waals surface area contributed by atoms with Gasteiger partial charge in [0.05, 0.1) is 37.5 Å². The molecule has 0 fully saturated rings. The molecule has 0 bridgehead atoms. The number of ether oxygens (including phenoxy) is 2. The van der Waals surface area contributed by atoms with Gasteiger partial charge in [-0.1, -0.05) is 156 Å². The van der Waals surface area contributed by atoms with E-state index >= 15 is 0 Å². The summed E-state index contributed by atoms with van der Waals surface area (Å²) in [5, 5.41) is 27.6. The summed E-state index contributed by atoms with van der Waals surface area (Å²) < 4.78 is 34.5. The highest BCUT2D eigenvalue weighted by Gasteiger charge is 2.37. The molecule has 0 aromatic heterocycles. The summed E-state index contributed by atoms with van der Waals surface area (Å²) in [5.41, 5.74) is -1.08. The summed E-state index contributed by atoms with van der Waals surface area (Å²) >= 11 is 0. The summed E-state index contributed by atoms with van der Waals surface area (Å²) in [6.45, 7) is 10.2. The van der Waals surface area contributed by atoms with Gasteiger partial charge < -0.3 is 40.5 Å². The molecule has 15 nitrogen and oxygen atoms in total. The fourth-order valence-electron chi connectivity index (χ4n) is 7.37. The molecule has 0 heterocycles. The van der Waals surface area contributed by atoms with E-state index in [2.05, 4.69) is 29.8 Å². The Kier molecular flexibility index (Phi) is 39.8. The van der Waals surface area contributed by atoms with E-state index in [0.717, 1.165) is 44.9 Å². The summed E-state index contributed by atoms with van der Waals surface area (Å²) in [5.74, 6) is -1.49. The predicted octanol–water partition coefficient (Wildman–Crippen LogP) is 9.31. The molecular weight excluding hydrogens is 854 g/mol. The number of carbonyl (C=O) groups is 4. The predicted molar refractivity (Wildman–Crippen MR) is 258 cm³/mol. The number of hydrogen-bond donors (Lipinski definition) is 6. The molecule has 0 saturated heterocycles. The van der Waals surface area contributed by atoms with E-state index in [4.69, 9.17) is 23.6 Å². The van der Waals surface area contributed by atoms with E-state index in [-0.39, 0.29) is 69.7 Å². The smallest absolute Gasteiger partial charge is 0.462 e. The van der Waals surface area contributed by atoms with Crippen molar-refractivity contribution >= 4 is 31.5 Å². The van der Waals surface area contributed by atoms with Crippen LogP contribution in [0.5, 0.6) is 0 Å². The van der Waals surface area contributed by atoms with Crippen molar-refractivity contribution in [2.75, 3.05) is 39.5 Å². The van der Waals surface area contributed by atoms with Gasteiger partial charge in [0, 0.05) is 38.4 Å². The number of phosphoric ester groups is 1. The van der Waals surface area contributed by atoms with Gasteiger partial charge in [0.2, 0.25) is 5.91 Å². The lowest BCUT2D eigenvalue weighted by Gasteiger charge is -2.34. The topological polar surface area (TPSA) is 219 Å². The lowest BCUT2D eigenvalue weighted by atomic mass is 9.86. The molecule has 6 N–H and O–H groups in total. The van der Waals surface area contributed by atoms with E-state index in [1.165, 1.54) is 89.9 Å². The monoisotopic (exact) mass is 950 g/mol. The van der Waals surface area contributed by atoms with Crippen LogP contribution in [0.3, 0.4) is 0 Å². The normalized spacial score (nSPS) is 15.3. The number of aliphatic hydroxyl groups is 2. The number of unbranched alkanes of at least 4 members (excludes halogenated alkanes) is 20. The van der Waals surface area contributed by atoms with Crippen LogP contribution in [-0.4, -0.2) is 108 Å². The average molecular weight is 950 g/mol. The number of carbonyl (C=O) groups excluding carboxylic acids is 4. The number of phosphoric acid groups is 1. The van der Waals surface area contributed by atoms with Crippen molar-refractivity contribution in [1.82, 2.24) is 16.0 Å². The SMILES string of the molecule is CCCCCCCCCCCCCC(=O)OCC(COP(=O)(O)OCCNC(C)(CC)C(=O)C(CCC(=O)NCC(O)CO)NC(C)CC)OC(=O)CCCCCCCCCCCCC. The second kappa shape index (κ2) is 41.0. The van der Waals surface area contributed by atoms with Crippen LogP contribution >= 0.6 is 7.82 Å². The number of nitrogens with one attached hydrogen (secondary N) is 3. The molecule has 6 unspecified atom stereocenters. The van der Waals surface area contributed by atoms with E-state index in [9.17, 15) is 33.7 Å². The Hall–Kier alpha value is -1.97. The Morgan fingerprint density at radius 1 is 0.677 bits per heavy atom. The largest absolute Gasteiger partial charge is 0.472 e. The fourth-order valence-corrected chi connectivity index (χ4v) is 8.12. The van der Waals surface area contributed by atoms with E-state index < -0.39 is 56.8 Å². The van der Waals surface area contributed by atoms with E-state index in [1.54, 1.807) is 6.92 Å². The molecule has 0 spiro atoms. The molecule has 384 valence electrons. The van der Waals surface area contributed by atoms with Gasteiger partial charge in [-0.25, -0.2) is 4.57 Å². The first kappa shape index (κ1) is 63.0. The van der Waals surface area contributed by atoms with Crippen molar-refractivity contribution in [2.45, 2.75) is 251 Å². The Morgan fingerprint density at radius 3 is 1.65 bits per heavy atom. The minimum absolute atomic E-state index is 0.00755. The third kappa shape index (κ3) is 35.8. The maximum atomic E-state index is 13.9. The van der Waals surface area contributed by atoms with Crippen LogP contribution in [0.4, 0.5) is 0 Å². The molecule has 16 heteroatoms. The number of Topliss-reactive ketones (excluding diaryl/α,β-unsaturated/α-hetero) is 1. The highest BCUT2D eigenvalue weighted by atomic mass is 31.2. The lowest BCUT2D eigenvalue weighted by molar-refractivity contribution is -0.161. The Balaban J connectivity index is 5.18. The molecular formula is C49H96N3O12P. The van der Waals surface area contributed by atoms with Crippen LogP contribution in [0, 0.1) is 0 Å². The molecule has 0 aromatic carbocycles. The number of aliphatic hydroxyl groups excluding tert-OH is 2. The first-order chi connectivity index (χ1) is 31.2. The first-order valence-electron chi connectivity index (χ1n) is 25.7. The Labute approximate surface area is 394 Å². The van der Waals surface area contributed by atoms with Crippen LogP contribution < -0.4 is 16.0 Å². The van der Waals surface area contributed by atoms with Crippen LogP contribution in [0.2, 0.25) is 0 Å². The first-order valence-corrected chi connectivity index (χ1v) is 27.2. The average Bonchev–Trinajstić information content (AvgIpc) is 3.29. The van der Waals surface area contributed by atoms with E-state index in [0.29, 0.717) is 19.3 Å². The van der Waals surface area contributed by atoms with Crippen LogP contribution in [-0.2, 0) is 42.3 Å². The fraction of sp³-hybridized carbons (Fsp3) is 0.918. The molecule has 0 aromatic rings. The molecule has 0 aliphatic rings. The van der Waals surface area contributed by atoms with Gasteiger partial charge in [-0.3, -0.25) is 28.2 Å². The summed E-state index contributed by atoms with van der Waals surface area (Å²) in [6.07, 6.45) is 24.8. The van der Waals surface area contributed by atoms with Gasteiger partial charge in [0.1, 0.15) is 6.61 Å². The highest BCUT2D eigenvalue weighted by molar-refractivity contribution is 7.47. The van der Waals surface area contributed by atoms with Crippen molar-refractivity contribution < 1.29 is 57.4 Å². The van der Waals surface area contributed by atoms with Crippen LogP contribution in [0.15, 0.2) is 0 Å². The summed E-state index contributed by atoms with van der Waals surface area (Å²) in [7, 11) is -4.67. The van der Waals surface area contributed by atoms with Gasteiger partial charge in [0.15, 0.2) is 11.9 Å². The standard InChI is InChI=1S/C49H96N3O12P/c1-7-11-13-15-17-19-21-23-25-27-29-31-46(56)61-39-43(64-47(57)32-30-28-26-24-22-20-18-16-14-12-8-2)40-63-65(59,60)62-36-35-51-49(6,10-4)48(58)44(52-41(5)9-3)33-34-45(55)50-37-42(54)38-53/h41-44,51-54H,7-40H2,1-6H3,(H,50,55)(H,59,60). The summed E-state index contributed by atoms with van der Waals surface area (Å²) in [4.78, 5) is 62.4. The van der Waals surface area contributed by atoms with Gasteiger partial charge in [0.25, 0.3) is 0 Å². The third-order valence-electron chi connectivity index (χ3n) is 12.1. The molecule has 0 aliphatic carbocycles. The zero-order chi connectivity index (χ0) is 48.6. The quantitative estimate of drug-likeness (QED) is 0.0190. The van der Waals surface area contributed by atoms with Gasteiger partial charge in [-0.2, -0.15) is 0 Å². The maximum Gasteiger partial charge on any atom is 0.472 e. The Morgan fingerprint density at radius 2 is 1.17 bits per heavy atom. The zero-order valence-corrected chi connectivity index (χ0v) is 42.7. The number of rotatable bonds is 47. The van der Waals surface area contributed by atoms with Crippen LogP contribution in [0.1, 0.15) is 221 Å². The Bertz CT molecular complexity index is 1260.